The SMILES string of the molecule is C=C1C(C)C2C(Cc3ccccc3)NC(=O)C23C(=O)/C=C/C(O)CCCC(C)C/C=C/C3C1O. The number of aliphatic hydroxyl groups excluding tert-OH is 2. The van der Waals surface area contributed by atoms with E-state index < -0.39 is 23.5 Å². The lowest BCUT2D eigenvalue weighted by Crippen LogP contribution is -2.58. The summed E-state index contributed by atoms with van der Waals surface area (Å²) in [6.45, 7) is 8.32. The number of rotatable bonds is 2. The lowest BCUT2D eigenvalue weighted by atomic mass is 9.52. The maximum absolute atomic E-state index is 13.9. The number of hydrogen-bond donors (Lipinski definition) is 3. The van der Waals surface area contributed by atoms with Gasteiger partial charge in [0.1, 0.15) is 5.41 Å². The molecule has 4 rings (SSSR count). The molecule has 182 valence electrons. The number of ketones is 1. The fourth-order valence-electron chi connectivity index (χ4n) is 6.37. The van der Waals surface area contributed by atoms with Crippen LogP contribution >= 0.6 is 0 Å². The third-order valence-electron chi connectivity index (χ3n) is 8.28. The smallest absolute Gasteiger partial charge is 0.235 e. The summed E-state index contributed by atoms with van der Waals surface area (Å²) >= 11 is 0. The maximum atomic E-state index is 13.9. The number of hydrogen-bond acceptors (Lipinski definition) is 4. The second-order valence-electron chi connectivity index (χ2n) is 10.5. The fraction of sp³-hybridized carbons (Fsp3) is 0.517. The van der Waals surface area contributed by atoms with Crippen molar-refractivity contribution >= 4 is 11.7 Å². The van der Waals surface area contributed by atoms with Crippen LogP contribution in [0.3, 0.4) is 0 Å². The summed E-state index contributed by atoms with van der Waals surface area (Å²) in [6.07, 6.45) is 8.88. The van der Waals surface area contributed by atoms with Gasteiger partial charge < -0.3 is 15.5 Å². The second kappa shape index (κ2) is 10.0. The van der Waals surface area contributed by atoms with Crippen LogP contribution in [0.15, 0.2) is 66.8 Å². The van der Waals surface area contributed by atoms with Crippen molar-refractivity contribution in [3.63, 3.8) is 0 Å². The van der Waals surface area contributed by atoms with Gasteiger partial charge in [-0.25, -0.2) is 0 Å². The Bertz CT molecular complexity index is 983. The number of amides is 1. The maximum Gasteiger partial charge on any atom is 0.235 e. The molecule has 0 bridgehead atoms. The molecule has 2 aliphatic carbocycles. The lowest BCUT2D eigenvalue weighted by molar-refractivity contribution is -0.148. The number of nitrogens with one attached hydrogen (secondary N) is 1. The molecule has 1 amide bonds. The van der Waals surface area contributed by atoms with E-state index in [9.17, 15) is 19.8 Å². The third-order valence-corrected chi connectivity index (χ3v) is 8.28. The van der Waals surface area contributed by atoms with E-state index in [-0.39, 0.29) is 29.6 Å². The van der Waals surface area contributed by atoms with Crippen LogP contribution < -0.4 is 5.32 Å². The van der Waals surface area contributed by atoms with Crippen LogP contribution in [0, 0.1) is 29.1 Å². The van der Waals surface area contributed by atoms with E-state index in [1.165, 1.54) is 12.2 Å². The molecule has 1 saturated carbocycles. The second-order valence-corrected chi connectivity index (χ2v) is 10.5. The molecule has 8 atom stereocenters. The molecule has 5 heteroatoms. The largest absolute Gasteiger partial charge is 0.389 e. The predicted octanol–water partition coefficient (Wildman–Crippen LogP) is 3.77. The predicted molar refractivity (Wildman–Crippen MR) is 133 cm³/mol. The van der Waals surface area contributed by atoms with Crippen LogP contribution in [-0.2, 0) is 16.0 Å². The molecule has 1 aromatic rings. The zero-order valence-corrected chi connectivity index (χ0v) is 20.2. The molecule has 5 nitrogen and oxygen atoms in total. The number of allylic oxidation sites excluding steroid dienone is 2. The normalized spacial score (nSPS) is 40.7. The molecule has 3 N–H and O–H groups in total. The molecule has 3 aliphatic rings. The highest BCUT2D eigenvalue weighted by atomic mass is 16.3. The highest BCUT2D eigenvalue weighted by Gasteiger charge is 2.68. The third kappa shape index (κ3) is 4.32. The summed E-state index contributed by atoms with van der Waals surface area (Å²) in [5.74, 6) is -1.57. The van der Waals surface area contributed by atoms with Crippen molar-refractivity contribution in [2.75, 3.05) is 0 Å². The zero-order valence-electron chi connectivity index (χ0n) is 20.2. The van der Waals surface area contributed by atoms with E-state index >= 15 is 0 Å². The molecule has 1 heterocycles. The topological polar surface area (TPSA) is 86.6 Å². The average molecular weight is 464 g/mol. The molecule has 1 saturated heterocycles. The highest BCUT2D eigenvalue weighted by Crippen LogP contribution is 2.56. The van der Waals surface area contributed by atoms with Crippen LogP contribution in [0.5, 0.6) is 0 Å². The number of aliphatic hydroxyl groups is 2. The van der Waals surface area contributed by atoms with Crippen LogP contribution in [0.4, 0.5) is 0 Å². The molecule has 34 heavy (non-hydrogen) atoms. The van der Waals surface area contributed by atoms with Crippen molar-refractivity contribution in [2.24, 2.45) is 29.1 Å². The van der Waals surface area contributed by atoms with Crippen molar-refractivity contribution in [3.05, 3.63) is 72.4 Å². The van der Waals surface area contributed by atoms with Gasteiger partial charge in [-0.15, -0.1) is 0 Å². The van der Waals surface area contributed by atoms with Gasteiger partial charge in [0, 0.05) is 17.9 Å². The number of benzene rings is 1. The minimum atomic E-state index is -1.44. The first-order chi connectivity index (χ1) is 16.3. The van der Waals surface area contributed by atoms with Crippen LogP contribution in [-0.4, -0.2) is 40.2 Å². The van der Waals surface area contributed by atoms with Gasteiger partial charge in [0.25, 0.3) is 0 Å². The molecule has 2 fully saturated rings. The Morgan fingerprint density at radius 2 is 1.82 bits per heavy atom. The Balaban J connectivity index is 1.83. The van der Waals surface area contributed by atoms with Crippen molar-refractivity contribution in [3.8, 4) is 0 Å². The van der Waals surface area contributed by atoms with Gasteiger partial charge >= 0.3 is 0 Å². The quantitative estimate of drug-likeness (QED) is 0.460. The summed E-state index contributed by atoms with van der Waals surface area (Å²) in [5, 5.41) is 24.9. The highest BCUT2D eigenvalue weighted by molar-refractivity contribution is 6.13. The Labute approximate surface area is 202 Å². The summed E-state index contributed by atoms with van der Waals surface area (Å²) < 4.78 is 0. The minimum Gasteiger partial charge on any atom is -0.389 e. The van der Waals surface area contributed by atoms with Crippen molar-refractivity contribution < 1.29 is 19.8 Å². The van der Waals surface area contributed by atoms with Crippen molar-refractivity contribution in [1.82, 2.24) is 5.32 Å². The molecular formula is C29H37NO4. The molecule has 1 aromatic carbocycles. The van der Waals surface area contributed by atoms with Crippen LogP contribution in [0.1, 0.15) is 45.1 Å². The first kappa shape index (κ1) is 24.6. The molecule has 8 unspecified atom stereocenters. The van der Waals surface area contributed by atoms with Gasteiger partial charge in [-0.3, -0.25) is 9.59 Å². The Morgan fingerprint density at radius 3 is 2.56 bits per heavy atom. The van der Waals surface area contributed by atoms with Crippen molar-refractivity contribution in [1.29, 1.82) is 0 Å². The standard InChI is InChI=1S/C29H37NO4/c1-18-9-7-13-22(31)15-16-25(32)29-23(14-8-10-18)27(33)20(3)19(2)26(29)24(30-28(29)34)17-21-11-5-4-6-12-21/h4-6,8,11-12,14-16,18-19,22-24,26-27,31,33H,3,7,9-10,13,17H2,1-2H3,(H,30,34)/b14-8+,16-15+. The van der Waals surface area contributed by atoms with Gasteiger partial charge in [-0.05, 0) is 48.3 Å². The lowest BCUT2D eigenvalue weighted by Gasteiger charge is -2.48. The molecular weight excluding hydrogens is 426 g/mol. The van der Waals surface area contributed by atoms with Crippen LogP contribution in [0.2, 0.25) is 0 Å². The summed E-state index contributed by atoms with van der Waals surface area (Å²) in [6, 6.07) is 9.68. The molecule has 0 radical (unpaired) electrons. The van der Waals surface area contributed by atoms with E-state index in [0.29, 0.717) is 24.3 Å². The average Bonchev–Trinajstić information content (AvgIpc) is 3.11. The Kier molecular flexibility index (Phi) is 7.25. The zero-order chi connectivity index (χ0) is 24.5. The van der Waals surface area contributed by atoms with Gasteiger partial charge in [-0.1, -0.05) is 81.8 Å². The van der Waals surface area contributed by atoms with Crippen LogP contribution in [0.25, 0.3) is 0 Å². The Morgan fingerprint density at radius 1 is 1.09 bits per heavy atom. The van der Waals surface area contributed by atoms with Gasteiger partial charge in [0.05, 0.1) is 12.2 Å². The van der Waals surface area contributed by atoms with Gasteiger partial charge in [0.15, 0.2) is 5.78 Å². The van der Waals surface area contributed by atoms with E-state index in [0.717, 1.165) is 24.8 Å². The monoisotopic (exact) mass is 463 g/mol. The molecule has 1 spiro atoms. The molecule has 0 aromatic heterocycles. The summed E-state index contributed by atoms with van der Waals surface area (Å²) in [5.41, 5.74) is 0.306. The Hall–Kier alpha value is -2.50. The minimum absolute atomic E-state index is 0.232. The first-order valence-corrected chi connectivity index (χ1v) is 12.6. The number of carbonyl (C=O) groups is 2. The summed E-state index contributed by atoms with van der Waals surface area (Å²) in [4.78, 5) is 27.7. The van der Waals surface area contributed by atoms with Crippen molar-refractivity contribution in [2.45, 2.75) is 64.2 Å². The molecule has 1 aliphatic heterocycles. The van der Waals surface area contributed by atoms with Gasteiger partial charge in [-0.2, -0.15) is 0 Å². The number of carbonyl (C=O) groups excluding carboxylic acids is 2. The van der Waals surface area contributed by atoms with E-state index in [1.54, 1.807) is 0 Å². The van der Waals surface area contributed by atoms with Gasteiger partial charge in [0.2, 0.25) is 5.91 Å². The first-order valence-electron chi connectivity index (χ1n) is 12.6. The van der Waals surface area contributed by atoms with E-state index in [4.69, 9.17) is 0 Å². The summed E-state index contributed by atoms with van der Waals surface area (Å²) in [7, 11) is 0. The fourth-order valence-corrected chi connectivity index (χ4v) is 6.37. The van der Waals surface area contributed by atoms with E-state index in [2.05, 4.69) is 18.8 Å². The van der Waals surface area contributed by atoms with E-state index in [1.807, 2.05) is 49.4 Å².